The molecule has 0 aliphatic carbocycles. The van der Waals surface area contributed by atoms with Crippen LogP contribution in [0.4, 0.5) is 17.1 Å². The maximum absolute atomic E-state index is 12.3. The monoisotopic (exact) mass is 375 g/mol. The first-order valence-electron chi connectivity index (χ1n) is 8.51. The molecule has 2 N–H and O–H groups in total. The van der Waals surface area contributed by atoms with Crippen LogP contribution in [-0.2, 0) is 11.2 Å². The predicted molar refractivity (Wildman–Crippen MR) is 106 cm³/mol. The molecule has 2 amide bonds. The van der Waals surface area contributed by atoms with E-state index in [0.29, 0.717) is 11.4 Å². The van der Waals surface area contributed by atoms with Crippen molar-refractivity contribution in [1.29, 1.82) is 0 Å². The number of amides is 2. The Morgan fingerprint density at radius 3 is 2.00 bits per heavy atom. The summed E-state index contributed by atoms with van der Waals surface area (Å²) in [6, 6.07) is 21.7. The number of nitro benzene ring substituents is 1. The summed E-state index contributed by atoms with van der Waals surface area (Å²) in [4.78, 5) is 34.9. The summed E-state index contributed by atoms with van der Waals surface area (Å²) < 4.78 is 0. The van der Waals surface area contributed by atoms with Crippen molar-refractivity contribution >= 4 is 28.9 Å². The second-order valence-corrected chi connectivity index (χ2v) is 6.02. The van der Waals surface area contributed by atoms with Gasteiger partial charge in [-0.05, 0) is 35.9 Å². The molecule has 0 radical (unpaired) electrons. The highest BCUT2D eigenvalue weighted by Gasteiger charge is 2.19. The van der Waals surface area contributed by atoms with Crippen LogP contribution in [0.2, 0.25) is 0 Å². The second-order valence-electron chi connectivity index (χ2n) is 6.02. The second kappa shape index (κ2) is 8.59. The van der Waals surface area contributed by atoms with E-state index in [1.807, 2.05) is 30.3 Å². The number of carbonyl (C=O) groups is 2. The predicted octanol–water partition coefficient (Wildman–Crippen LogP) is 4.03. The number of nitro groups is 1. The molecule has 0 bridgehead atoms. The molecular weight excluding hydrogens is 358 g/mol. The lowest BCUT2D eigenvalue weighted by atomic mass is 10.1. The lowest BCUT2D eigenvalue weighted by molar-refractivity contribution is -0.385. The smallest absolute Gasteiger partial charge is 0.282 e. The number of hydrogen-bond donors (Lipinski definition) is 2. The molecule has 7 heteroatoms. The van der Waals surface area contributed by atoms with Crippen molar-refractivity contribution in [2.75, 3.05) is 10.6 Å². The number of nitrogens with one attached hydrogen (secondary N) is 2. The van der Waals surface area contributed by atoms with Crippen LogP contribution in [-0.4, -0.2) is 16.7 Å². The molecule has 3 aromatic carbocycles. The average Bonchev–Trinajstić information content (AvgIpc) is 2.70. The third kappa shape index (κ3) is 4.79. The fourth-order valence-electron chi connectivity index (χ4n) is 2.65. The van der Waals surface area contributed by atoms with E-state index in [1.165, 1.54) is 18.2 Å². The molecule has 0 heterocycles. The molecule has 0 aromatic heterocycles. The Labute approximate surface area is 161 Å². The molecule has 0 atom stereocenters. The topological polar surface area (TPSA) is 101 Å². The Bertz CT molecular complexity index is 1000. The van der Waals surface area contributed by atoms with Gasteiger partial charge in [0.05, 0.1) is 11.3 Å². The molecular formula is C21H17N3O4. The van der Waals surface area contributed by atoms with Gasteiger partial charge in [0.2, 0.25) is 5.91 Å². The van der Waals surface area contributed by atoms with Gasteiger partial charge in [-0.15, -0.1) is 0 Å². The lowest BCUT2D eigenvalue weighted by Gasteiger charge is -2.08. The number of anilines is 2. The number of carbonyl (C=O) groups excluding carboxylic acids is 2. The van der Waals surface area contributed by atoms with E-state index in [-0.39, 0.29) is 23.6 Å². The van der Waals surface area contributed by atoms with Crippen molar-refractivity contribution in [1.82, 2.24) is 0 Å². The van der Waals surface area contributed by atoms with Crippen LogP contribution in [0.1, 0.15) is 15.9 Å². The number of para-hydroxylation sites is 1. The summed E-state index contributed by atoms with van der Waals surface area (Å²) >= 11 is 0. The highest BCUT2D eigenvalue weighted by molar-refractivity contribution is 6.07. The fraction of sp³-hybridized carbons (Fsp3) is 0.0476. The molecule has 140 valence electrons. The summed E-state index contributed by atoms with van der Waals surface area (Å²) in [5, 5.41) is 16.4. The highest BCUT2D eigenvalue weighted by atomic mass is 16.6. The zero-order valence-corrected chi connectivity index (χ0v) is 14.8. The Morgan fingerprint density at radius 2 is 1.36 bits per heavy atom. The first-order chi connectivity index (χ1) is 13.5. The summed E-state index contributed by atoms with van der Waals surface area (Å²) in [6.45, 7) is 0. The van der Waals surface area contributed by atoms with Gasteiger partial charge >= 0.3 is 0 Å². The molecule has 3 rings (SSSR count). The van der Waals surface area contributed by atoms with Gasteiger partial charge in [0.1, 0.15) is 5.56 Å². The third-order valence-corrected chi connectivity index (χ3v) is 3.98. The van der Waals surface area contributed by atoms with Gasteiger partial charge in [0.15, 0.2) is 0 Å². The summed E-state index contributed by atoms with van der Waals surface area (Å²) in [5.41, 5.74) is 1.68. The summed E-state index contributed by atoms with van der Waals surface area (Å²) in [6.07, 6.45) is 0.261. The Morgan fingerprint density at radius 1 is 0.786 bits per heavy atom. The van der Waals surface area contributed by atoms with Crippen LogP contribution in [0, 0.1) is 10.1 Å². The van der Waals surface area contributed by atoms with Gasteiger partial charge < -0.3 is 10.6 Å². The Hall–Kier alpha value is -4.00. The first-order valence-corrected chi connectivity index (χ1v) is 8.51. The first kappa shape index (κ1) is 18.8. The maximum Gasteiger partial charge on any atom is 0.282 e. The summed E-state index contributed by atoms with van der Waals surface area (Å²) in [5.74, 6) is -0.726. The molecule has 7 nitrogen and oxygen atoms in total. The molecule has 0 saturated carbocycles. The quantitative estimate of drug-likeness (QED) is 0.502. The highest BCUT2D eigenvalue weighted by Crippen LogP contribution is 2.20. The van der Waals surface area contributed by atoms with E-state index >= 15 is 0 Å². The average molecular weight is 375 g/mol. The molecule has 0 aliphatic heterocycles. The zero-order valence-electron chi connectivity index (χ0n) is 14.8. The van der Waals surface area contributed by atoms with E-state index in [4.69, 9.17) is 0 Å². The van der Waals surface area contributed by atoms with E-state index in [2.05, 4.69) is 10.6 Å². The number of rotatable bonds is 6. The number of benzene rings is 3. The Balaban J connectivity index is 1.62. The van der Waals surface area contributed by atoms with E-state index in [9.17, 15) is 19.7 Å². The van der Waals surface area contributed by atoms with E-state index in [0.717, 1.165) is 5.56 Å². The number of nitrogens with zero attached hydrogens (tertiary/aromatic N) is 1. The van der Waals surface area contributed by atoms with E-state index < -0.39 is 10.8 Å². The molecule has 0 unspecified atom stereocenters. The largest absolute Gasteiger partial charge is 0.326 e. The Kier molecular flexibility index (Phi) is 5.76. The minimum atomic E-state index is -0.597. The molecule has 0 saturated heterocycles. The van der Waals surface area contributed by atoms with Crippen LogP contribution < -0.4 is 10.6 Å². The third-order valence-electron chi connectivity index (χ3n) is 3.98. The van der Waals surface area contributed by atoms with Crippen LogP contribution >= 0.6 is 0 Å². The van der Waals surface area contributed by atoms with Crippen molar-refractivity contribution < 1.29 is 14.5 Å². The minimum absolute atomic E-state index is 0.0206. The minimum Gasteiger partial charge on any atom is -0.326 e. The van der Waals surface area contributed by atoms with Crippen molar-refractivity contribution in [3.8, 4) is 0 Å². The maximum atomic E-state index is 12.3. The van der Waals surface area contributed by atoms with Crippen LogP contribution in [0.3, 0.4) is 0 Å². The lowest BCUT2D eigenvalue weighted by Crippen LogP contribution is -2.15. The van der Waals surface area contributed by atoms with Gasteiger partial charge in [-0.25, -0.2) is 0 Å². The van der Waals surface area contributed by atoms with Crippen LogP contribution in [0.5, 0.6) is 0 Å². The van der Waals surface area contributed by atoms with Gasteiger partial charge in [-0.2, -0.15) is 0 Å². The standard InChI is InChI=1S/C21H17N3O4/c25-20(14-15-6-2-1-3-7-15)22-16-10-12-17(13-11-16)23-21(26)18-8-4-5-9-19(18)24(27)28/h1-13H,14H2,(H,22,25)(H,23,26). The molecule has 0 aliphatic rings. The molecule has 3 aromatic rings. The van der Waals surface area contributed by atoms with Gasteiger partial charge in [-0.1, -0.05) is 42.5 Å². The molecule has 0 fully saturated rings. The van der Waals surface area contributed by atoms with Crippen LogP contribution in [0.25, 0.3) is 0 Å². The SMILES string of the molecule is O=C(Cc1ccccc1)Nc1ccc(NC(=O)c2ccccc2[N+](=O)[O-])cc1. The normalized spacial score (nSPS) is 10.1. The van der Waals surface area contributed by atoms with Gasteiger partial charge in [0, 0.05) is 17.4 Å². The summed E-state index contributed by atoms with van der Waals surface area (Å²) in [7, 11) is 0. The van der Waals surface area contributed by atoms with Crippen LogP contribution in [0.15, 0.2) is 78.9 Å². The number of hydrogen-bond acceptors (Lipinski definition) is 4. The molecule has 28 heavy (non-hydrogen) atoms. The van der Waals surface area contributed by atoms with Crippen molar-refractivity contribution in [2.24, 2.45) is 0 Å². The molecule has 0 spiro atoms. The van der Waals surface area contributed by atoms with Gasteiger partial charge in [0.25, 0.3) is 11.6 Å². The zero-order chi connectivity index (χ0) is 19.9. The van der Waals surface area contributed by atoms with Crippen molar-refractivity contribution in [2.45, 2.75) is 6.42 Å². The van der Waals surface area contributed by atoms with Crippen molar-refractivity contribution in [3.63, 3.8) is 0 Å². The van der Waals surface area contributed by atoms with E-state index in [1.54, 1.807) is 30.3 Å². The van der Waals surface area contributed by atoms with Gasteiger partial charge in [-0.3, -0.25) is 19.7 Å². The van der Waals surface area contributed by atoms with Crippen molar-refractivity contribution in [3.05, 3.63) is 100 Å². The fourth-order valence-corrected chi connectivity index (χ4v) is 2.65.